The molecule has 0 aliphatic heterocycles. The van der Waals surface area contributed by atoms with Gasteiger partial charge in [0.25, 0.3) is 0 Å². The normalized spacial score (nSPS) is 14.8. The molecule has 96 valence electrons. The van der Waals surface area contributed by atoms with Crippen molar-refractivity contribution in [1.29, 1.82) is 0 Å². The predicted molar refractivity (Wildman–Crippen MR) is 76.9 cm³/mol. The molecule has 3 nitrogen and oxygen atoms in total. The number of anilines is 1. The highest BCUT2D eigenvalue weighted by molar-refractivity contribution is 9.09. The summed E-state index contributed by atoms with van der Waals surface area (Å²) in [7, 11) is 0. The van der Waals surface area contributed by atoms with E-state index in [1.54, 1.807) is 0 Å². The quantitative estimate of drug-likeness (QED) is 0.839. The zero-order valence-corrected chi connectivity index (χ0v) is 12.9. The van der Waals surface area contributed by atoms with Crippen molar-refractivity contribution in [3.63, 3.8) is 0 Å². The summed E-state index contributed by atoms with van der Waals surface area (Å²) in [6, 6.07) is 2.40. The Morgan fingerprint density at radius 1 is 1.24 bits per heavy atom. The van der Waals surface area contributed by atoms with Gasteiger partial charge in [-0.25, -0.2) is 9.97 Å². The van der Waals surface area contributed by atoms with Crippen LogP contribution in [-0.4, -0.2) is 20.8 Å². The summed E-state index contributed by atoms with van der Waals surface area (Å²) < 4.78 is 0. The maximum atomic E-state index is 4.54. The third-order valence-corrected chi connectivity index (χ3v) is 2.83. The lowest BCUT2D eigenvalue weighted by atomic mass is 10.2. The Labute approximate surface area is 113 Å². The van der Waals surface area contributed by atoms with Gasteiger partial charge < -0.3 is 5.32 Å². The summed E-state index contributed by atoms with van der Waals surface area (Å²) in [5, 5.41) is 3.43. The molecule has 0 spiro atoms. The molecular weight excluding hydrogens is 278 g/mol. The van der Waals surface area contributed by atoms with Gasteiger partial charge in [0.2, 0.25) is 0 Å². The van der Waals surface area contributed by atoms with Gasteiger partial charge in [-0.3, -0.25) is 0 Å². The summed E-state index contributed by atoms with van der Waals surface area (Å²) >= 11 is 3.57. The van der Waals surface area contributed by atoms with Gasteiger partial charge in [0.05, 0.1) is 0 Å². The van der Waals surface area contributed by atoms with Crippen LogP contribution in [0.5, 0.6) is 0 Å². The molecule has 0 saturated carbocycles. The summed E-state index contributed by atoms with van der Waals surface area (Å²) in [5.41, 5.74) is 1.02. The van der Waals surface area contributed by atoms with Crippen molar-refractivity contribution in [1.82, 2.24) is 9.97 Å². The number of aryl methyl sites for hydroxylation is 1. The predicted octanol–water partition coefficient (Wildman–Crippen LogP) is 3.88. The van der Waals surface area contributed by atoms with Crippen LogP contribution in [0.2, 0.25) is 0 Å². The molecule has 2 unspecified atom stereocenters. The fraction of sp³-hybridized carbons (Fsp3) is 0.692. The monoisotopic (exact) mass is 299 g/mol. The first kappa shape index (κ1) is 14.4. The lowest BCUT2D eigenvalue weighted by Gasteiger charge is -2.17. The van der Waals surface area contributed by atoms with E-state index >= 15 is 0 Å². The van der Waals surface area contributed by atoms with Crippen LogP contribution in [-0.2, 0) is 0 Å². The van der Waals surface area contributed by atoms with Crippen LogP contribution in [0.15, 0.2) is 6.07 Å². The smallest absolute Gasteiger partial charge is 0.133 e. The van der Waals surface area contributed by atoms with E-state index in [4.69, 9.17) is 0 Å². The number of halogens is 1. The van der Waals surface area contributed by atoms with Crippen LogP contribution in [0.4, 0.5) is 5.82 Å². The van der Waals surface area contributed by atoms with Crippen molar-refractivity contribution in [3.8, 4) is 0 Å². The SMILES string of the molecule is Cc1cc(NC(C)CC(C)Br)nc(C(C)C)n1. The molecule has 1 N–H and O–H groups in total. The van der Waals surface area contributed by atoms with Crippen molar-refractivity contribution in [2.75, 3.05) is 5.32 Å². The molecule has 0 bridgehead atoms. The zero-order chi connectivity index (χ0) is 13.0. The van der Waals surface area contributed by atoms with Crippen LogP contribution in [0, 0.1) is 6.92 Å². The molecule has 0 radical (unpaired) electrons. The van der Waals surface area contributed by atoms with Crippen LogP contribution in [0.1, 0.15) is 51.6 Å². The topological polar surface area (TPSA) is 37.8 Å². The lowest BCUT2D eigenvalue weighted by Crippen LogP contribution is -2.19. The van der Waals surface area contributed by atoms with Gasteiger partial charge in [0, 0.05) is 28.5 Å². The van der Waals surface area contributed by atoms with Crippen LogP contribution >= 0.6 is 15.9 Å². The Bertz CT molecular complexity index is 364. The van der Waals surface area contributed by atoms with Crippen molar-refractivity contribution < 1.29 is 0 Å². The second kappa shape index (κ2) is 6.34. The van der Waals surface area contributed by atoms with Crippen molar-refractivity contribution >= 4 is 21.7 Å². The molecule has 1 heterocycles. The lowest BCUT2D eigenvalue weighted by molar-refractivity contribution is 0.698. The first-order chi connectivity index (χ1) is 7.88. The van der Waals surface area contributed by atoms with Gasteiger partial charge in [0.1, 0.15) is 11.6 Å². The summed E-state index contributed by atoms with van der Waals surface area (Å²) in [5.74, 6) is 2.20. The van der Waals surface area contributed by atoms with Crippen molar-refractivity contribution in [3.05, 3.63) is 17.6 Å². The fourth-order valence-electron chi connectivity index (χ4n) is 1.72. The number of hydrogen-bond donors (Lipinski definition) is 1. The standard InChI is InChI=1S/C13H22BrN3/c1-8(2)13-16-11(5)7-12(17-13)15-10(4)6-9(3)14/h7-10H,6H2,1-5H3,(H,15,16,17). The highest BCUT2D eigenvalue weighted by Gasteiger charge is 2.09. The largest absolute Gasteiger partial charge is 0.367 e. The van der Waals surface area contributed by atoms with E-state index < -0.39 is 0 Å². The number of aromatic nitrogens is 2. The van der Waals surface area contributed by atoms with Crippen molar-refractivity contribution in [2.24, 2.45) is 0 Å². The Morgan fingerprint density at radius 3 is 2.41 bits per heavy atom. The number of rotatable bonds is 5. The first-order valence-corrected chi connectivity index (χ1v) is 7.06. The molecule has 17 heavy (non-hydrogen) atoms. The summed E-state index contributed by atoms with van der Waals surface area (Å²) in [4.78, 5) is 9.50. The molecule has 4 heteroatoms. The number of alkyl halides is 1. The van der Waals surface area contributed by atoms with E-state index in [1.807, 2.05) is 13.0 Å². The average molecular weight is 300 g/mol. The van der Waals surface area contributed by atoms with E-state index in [9.17, 15) is 0 Å². The van der Waals surface area contributed by atoms with E-state index in [0.29, 0.717) is 16.8 Å². The van der Waals surface area contributed by atoms with Gasteiger partial charge in [-0.05, 0) is 20.3 Å². The Balaban J connectivity index is 2.77. The molecule has 1 aromatic heterocycles. The Kier molecular flexibility index (Phi) is 5.37. The summed E-state index contributed by atoms with van der Waals surface area (Å²) in [6.45, 7) is 10.6. The molecule has 1 aromatic rings. The molecule has 1 rings (SSSR count). The second-order valence-corrected chi connectivity index (χ2v) is 6.53. The Hall–Kier alpha value is -0.640. The number of hydrogen-bond acceptors (Lipinski definition) is 3. The van der Waals surface area contributed by atoms with E-state index in [2.05, 4.69) is 58.9 Å². The summed E-state index contributed by atoms with van der Waals surface area (Å²) in [6.07, 6.45) is 1.07. The van der Waals surface area contributed by atoms with Gasteiger partial charge in [-0.2, -0.15) is 0 Å². The molecular formula is C13H22BrN3. The molecule has 2 atom stereocenters. The number of nitrogens with one attached hydrogen (secondary N) is 1. The zero-order valence-electron chi connectivity index (χ0n) is 11.3. The highest BCUT2D eigenvalue weighted by atomic mass is 79.9. The molecule has 0 aliphatic carbocycles. The minimum Gasteiger partial charge on any atom is -0.367 e. The number of nitrogens with zero attached hydrogens (tertiary/aromatic N) is 2. The van der Waals surface area contributed by atoms with Crippen LogP contribution in [0.3, 0.4) is 0 Å². The van der Waals surface area contributed by atoms with Crippen LogP contribution < -0.4 is 5.32 Å². The van der Waals surface area contributed by atoms with Gasteiger partial charge in [-0.1, -0.05) is 36.7 Å². The Morgan fingerprint density at radius 2 is 1.88 bits per heavy atom. The van der Waals surface area contributed by atoms with Gasteiger partial charge in [0.15, 0.2) is 0 Å². The molecule has 0 aliphatic rings. The average Bonchev–Trinajstić information content (AvgIpc) is 2.14. The third kappa shape index (κ3) is 5.02. The van der Waals surface area contributed by atoms with E-state index in [0.717, 1.165) is 23.8 Å². The second-order valence-electron chi connectivity index (χ2n) is 4.97. The highest BCUT2D eigenvalue weighted by Crippen LogP contribution is 2.16. The maximum absolute atomic E-state index is 4.54. The molecule has 0 amide bonds. The molecule has 0 fully saturated rings. The molecule has 0 aromatic carbocycles. The van der Waals surface area contributed by atoms with E-state index in [1.165, 1.54) is 0 Å². The van der Waals surface area contributed by atoms with Gasteiger partial charge in [-0.15, -0.1) is 0 Å². The fourth-order valence-corrected chi connectivity index (χ4v) is 2.28. The first-order valence-electron chi connectivity index (χ1n) is 6.14. The maximum Gasteiger partial charge on any atom is 0.133 e. The molecule has 0 saturated heterocycles. The van der Waals surface area contributed by atoms with Crippen LogP contribution in [0.25, 0.3) is 0 Å². The van der Waals surface area contributed by atoms with E-state index in [-0.39, 0.29) is 0 Å². The minimum atomic E-state index is 0.362. The minimum absolute atomic E-state index is 0.362. The third-order valence-electron chi connectivity index (χ3n) is 2.46. The van der Waals surface area contributed by atoms with Gasteiger partial charge >= 0.3 is 0 Å². The van der Waals surface area contributed by atoms with Crippen molar-refractivity contribution in [2.45, 2.75) is 57.8 Å².